The third kappa shape index (κ3) is 3.07. The van der Waals surface area contributed by atoms with Crippen molar-refractivity contribution in [2.75, 3.05) is 0 Å². The molecule has 0 saturated heterocycles. The molecule has 0 aliphatic rings. The molecule has 0 aliphatic heterocycles. The average Bonchev–Trinajstić information content (AvgIpc) is 2.00. The Morgan fingerprint density at radius 1 is 1.10 bits per heavy atom. The van der Waals surface area contributed by atoms with Gasteiger partial charge in [-0.15, -0.1) is 0 Å². The Balaban J connectivity index is 0.000000371. The smallest absolute Gasteiger partial charge is 0.123 e. The number of phenols is 1. The number of hydrogen-bond donors (Lipinski definition) is 1. The topological polar surface area (TPSA) is 20.2 Å². The second kappa shape index (κ2) is 4.79. The Bertz CT molecular complexity index is 148. The second-order valence-electron chi connectivity index (χ2n) is 1.48. The van der Waals surface area contributed by atoms with Gasteiger partial charge in [-0.3, -0.25) is 0 Å². The molecular formula is C8H11FO. The number of phenolic OH excluding ortho intramolecular Hbond substituents is 1. The highest BCUT2D eigenvalue weighted by Crippen LogP contribution is 2.06. The fourth-order valence-corrected chi connectivity index (χ4v) is 0.441. The van der Waals surface area contributed by atoms with Crippen molar-refractivity contribution in [2.45, 2.75) is 13.8 Å². The van der Waals surface area contributed by atoms with Gasteiger partial charge in [-0.05, 0) is 24.3 Å². The molecule has 0 aliphatic carbocycles. The fourth-order valence-electron chi connectivity index (χ4n) is 0.441. The molecular weight excluding hydrogens is 131 g/mol. The maximum Gasteiger partial charge on any atom is 0.123 e. The number of hydrogen-bond acceptors (Lipinski definition) is 1. The molecule has 0 heterocycles. The summed E-state index contributed by atoms with van der Waals surface area (Å²) in [6.07, 6.45) is 0. The molecule has 1 aromatic carbocycles. The molecule has 0 bridgehead atoms. The quantitative estimate of drug-likeness (QED) is 0.590. The van der Waals surface area contributed by atoms with Gasteiger partial charge in [0.25, 0.3) is 0 Å². The van der Waals surface area contributed by atoms with Gasteiger partial charge in [-0.25, -0.2) is 4.39 Å². The Hall–Kier alpha value is -1.05. The summed E-state index contributed by atoms with van der Waals surface area (Å²) in [5.41, 5.74) is 0. The second-order valence-corrected chi connectivity index (χ2v) is 1.48. The summed E-state index contributed by atoms with van der Waals surface area (Å²) in [7, 11) is 0. The first kappa shape index (κ1) is 8.95. The van der Waals surface area contributed by atoms with Crippen LogP contribution in [0.3, 0.4) is 0 Å². The van der Waals surface area contributed by atoms with Gasteiger partial charge in [0, 0.05) is 0 Å². The standard InChI is InChI=1S/C6H5FO.C2H6/c7-5-1-3-6(8)4-2-5;1-2/h1-4,8H;1-2H3. The highest BCUT2D eigenvalue weighted by Gasteiger charge is 1.85. The summed E-state index contributed by atoms with van der Waals surface area (Å²) in [6, 6.07) is 5.01. The highest BCUT2D eigenvalue weighted by atomic mass is 19.1. The first-order valence-electron chi connectivity index (χ1n) is 3.23. The van der Waals surface area contributed by atoms with Crippen LogP contribution in [0.2, 0.25) is 0 Å². The summed E-state index contributed by atoms with van der Waals surface area (Å²) in [5.74, 6) is -0.241. The number of halogens is 1. The highest BCUT2D eigenvalue weighted by molar-refractivity contribution is 5.19. The van der Waals surface area contributed by atoms with Crippen LogP contribution in [0.1, 0.15) is 13.8 Å². The van der Waals surface area contributed by atoms with Gasteiger partial charge in [0.15, 0.2) is 0 Å². The first-order valence-corrected chi connectivity index (χ1v) is 3.23. The van der Waals surface area contributed by atoms with E-state index in [0.29, 0.717) is 0 Å². The fraction of sp³-hybridized carbons (Fsp3) is 0.250. The lowest BCUT2D eigenvalue weighted by molar-refractivity contribution is 0.473. The van der Waals surface area contributed by atoms with Crippen molar-refractivity contribution in [1.82, 2.24) is 0 Å². The minimum absolute atomic E-state index is 0.0893. The molecule has 2 heteroatoms. The van der Waals surface area contributed by atoms with Gasteiger partial charge in [-0.1, -0.05) is 13.8 Å². The molecule has 0 spiro atoms. The van der Waals surface area contributed by atoms with E-state index in [1.165, 1.54) is 24.3 Å². The van der Waals surface area contributed by atoms with Crippen LogP contribution in [0.15, 0.2) is 24.3 Å². The van der Waals surface area contributed by atoms with Crippen LogP contribution < -0.4 is 0 Å². The SMILES string of the molecule is CC.Oc1ccc(F)cc1. The molecule has 0 radical (unpaired) electrons. The van der Waals surface area contributed by atoms with Crippen LogP contribution in [0.4, 0.5) is 4.39 Å². The Morgan fingerprint density at radius 2 is 1.50 bits per heavy atom. The van der Waals surface area contributed by atoms with Gasteiger partial charge < -0.3 is 5.11 Å². The van der Waals surface area contributed by atoms with E-state index in [4.69, 9.17) is 5.11 Å². The van der Waals surface area contributed by atoms with E-state index in [2.05, 4.69) is 0 Å². The van der Waals surface area contributed by atoms with Crippen LogP contribution in [0, 0.1) is 5.82 Å². The molecule has 1 N–H and O–H groups in total. The minimum atomic E-state index is -0.331. The van der Waals surface area contributed by atoms with Gasteiger partial charge in [-0.2, -0.15) is 0 Å². The zero-order valence-corrected chi connectivity index (χ0v) is 6.13. The van der Waals surface area contributed by atoms with Crippen LogP contribution in [-0.4, -0.2) is 5.11 Å². The van der Waals surface area contributed by atoms with E-state index >= 15 is 0 Å². The predicted octanol–water partition coefficient (Wildman–Crippen LogP) is 2.56. The van der Waals surface area contributed by atoms with Crippen molar-refractivity contribution < 1.29 is 9.50 Å². The summed E-state index contributed by atoms with van der Waals surface area (Å²) < 4.78 is 12.0. The summed E-state index contributed by atoms with van der Waals surface area (Å²) in [5, 5.41) is 8.59. The molecule has 0 atom stereocenters. The van der Waals surface area contributed by atoms with Crippen LogP contribution in [0.5, 0.6) is 5.75 Å². The lowest BCUT2D eigenvalue weighted by atomic mass is 10.3. The van der Waals surface area contributed by atoms with Gasteiger partial charge >= 0.3 is 0 Å². The third-order valence-electron chi connectivity index (χ3n) is 0.827. The van der Waals surface area contributed by atoms with Crippen molar-refractivity contribution in [3.8, 4) is 5.75 Å². The summed E-state index contributed by atoms with van der Waals surface area (Å²) in [4.78, 5) is 0. The monoisotopic (exact) mass is 142 g/mol. The van der Waals surface area contributed by atoms with Gasteiger partial charge in [0.1, 0.15) is 11.6 Å². The molecule has 1 rings (SSSR count). The van der Waals surface area contributed by atoms with Crippen molar-refractivity contribution in [3.63, 3.8) is 0 Å². The van der Waals surface area contributed by atoms with Gasteiger partial charge in [0.2, 0.25) is 0 Å². The first-order chi connectivity index (χ1) is 4.79. The Morgan fingerprint density at radius 3 is 1.80 bits per heavy atom. The molecule has 0 fully saturated rings. The lowest BCUT2D eigenvalue weighted by Crippen LogP contribution is -1.67. The van der Waals surface area contributed by atoms with Crippen LogP contribution in [0.25, 0.3) is 0 Å². The zero-order valence-electron chi connectivity index (χ0n) is 6.13. The molecule has 0 unspecified atom stereocenters. The minimum Gasteiger partial charge on any atom is -0.508 e. The molecule has 10 heavy (non-hydrogen) atoms. The van der Waals surface area contributed by atoms with E-state index in [-0.39, 0.29) is 11.6 Å². The Labute approximate surface area is 60.1 Å². The van der Waals surface area contributed by atoms with Crippen LogP contribution >= 0.6 is 0 Å². The normalized spacial score (nSPS) is 7.90. The maximum absolute atomic E-state index is 12.0. The van der Waals surface area contributed by atoms with E-state index in [0.717, 1.165) is 0 Å². The van der Waals surface area contributed by atoms with Crippen molar-refractivity contribution in [3.05, 3.63) is 30.1 Å². The van der Waals surface area contributed by atoms with Crippen LogP contribution in [-0.2, 0) is 0 Å². The third-order valence-corrected chi connectivity index (χ3v) is 0.827. The predicted molar refractivity (Wildman–Crippen MR) is 39.4 cm³/mol. The Kier molecular flexibility index (Phi) is 4.29. The van der Waals surface area contributed by atoms with Crippen molar-refractivity contribution in [2.24, 2.45) is 0 Å². The average molecular weight is 142 g/mol. The van der Waals surface area contributed by atoms with E-state index < -0.39 is 0 Å². The zero-order chi connectivity index (χ0) is 7.98. The van der Waals surface area contributed by atoms with E-state index in [1.54, 1.807) is 0 Å². The summed E-state index contributed by atoms with van der Waals surface area (Å²) >= 11 is 0. The molecule has 0 amide bonds. The number of benzene rings is 1. The molecule has 1 nitrogen and oxygen atoms in total. The largest absolute Gasteiger partial charge is 0.508 e. The number of aromatic hydroxyl groups is 1. The molecule has 0 saturated carbocycles. The van der Waals surface area contributed by atoms with Crippen molar-refractivity contribution >= 4 is 0 Å². The number of rotatable bonds is 0. The van der Waals surface area contributed by atoms with Gasteiger partial charge in [0.05, 0.1) is 0 Å². The van der Waals surface area contributed by atoms with Crippen molar-refractivity contribution in [1.29, 1.82) is 0 Å². The van der Waals surface area contributed by atoms with E-state index in [9.17, 15) is 4.39 Å². The molecule has 56 valence electrons. The molecule has 1 aromatic rings. The lowest BCUT2D eigenvalue weighted by Gasteiger charge is -1.86. The molecule has 0 aromatic heterocycles. The van der Waals surface area contributed by atoms with E-state index in [1.807, 2.05) is 13.8 Å². The maximum atomic E-state index is 12.0. The summed E-state index contributed by atoms with van der Waals surface area (Å²) in [6.45, 7) is 4.00.